The Labute approximate surface area is 43.3 Å². The molecule has 0 spiro atoms. The second-order valence-electron chi connectivity index (χ2n) is 1.44. The van der Waals surface area contributed by atoms with Gasteiger partial charge in [0, 0.05) is 6.42 Å². The van der Waals surface area contributed by atoms with Gasteiger partial charge in [0.2, 0.25) is 0 Å². The SMILES string of the molecule is CCC1=C=CCO1. The molecule has 0 aromatic rings. The second-order valence-corrected chi connectivity index (χ2v) is 1.44. The quantitative estimate of drug-likeness (QED) is 0.449. The van der Waals surface area contributed by atoms with E-state index in [0.29, 0.717) is 0 Å². The minimum atomic E-state index is 0.725. The molecule has 7 heavy (non-hydrogen) atoms. The first-order valence-electron chi connectivity index (χ1n) is 2.50. The fraction of sp³-hybridized carbons (Fsp3) is 0.500. The summed E-state index contributed by atoms with van der Waals surface area (Å²) in [7, 11) is 0. The predicted molar refractivity (Wildman–Crippen MR) is 27.8 cm³/mol. The van der Waals surface area contributed by atoms with Crippen LogP contribution in [0, 0.1) is 0 Å². The highest BCUT2D eigenvalue weighted by atomic mass is 16.5. The van der Waals surface area contributed by atoms with Crippen LogP contribution in [0.3, 0.4) is 0 Å². The third-order valence-electron chi connectivity index (χ3n) is 0.925. The van der Waals surface area contributed by atoms with Gasteiger partial charge in [0.15, 0.2) is 0 Å². The summed E-state index contributed by atoms with van der Waals surface area (Å²) in [6.07, 6.45) is 2.87. The zero-order valence-corrected chi connectivity index (χ0v) is 4.40. The Morgan fingerprint density at radius 1 is 2.00 bits per heavy atom. The van der Waals surface area contributed by atoms with Crippen LogP contribution in [0.4, 0.5) is 0 Å². The van der Waals surface area contributed by atoms with E-state index < -0.39 is 0 Å². The van der Waals surface area contributed by atoms with E-state index in [4.69, 9.17) is 4.74 Å². The van der Waals surface area contributed by atoms with Gasteiger partial charge in [-0.1, -0.05) is 12.7 Å². The number of hydrogen-bond acceptors (Lipinski definition) is 1. The first-order valence-corrected chi connectivity index (χ1v) is 2.50. The van der Waals surface area contributed by atoms with Gasteiger partial charge in [-0.3, -0.25) is 0 Å². The van der Waals surface area contributed by atoms with Gasteiger partial charge in [0.25, 0.3) is 0 Å². The maximum atomic E-state index is 5.05. The first kappa shape index (κ1) is 4.48. The molecule has 0 N–H and O–H groups in total. The molecule has 0 atom stereocenters. The molecule has 0 amide bonds. The highest BCUT2D eigenvalue weighted by Crippen LogP contribution is 2.04. The topological polar surface area (TPSA) is 9.23 Å². The lowest BCUT2D eigenvalue weighted by atomic mass is 10.4. The number of hydrogen-bond donors (Lipinski definition) is 0. The fourth-order valence-electron chi connectivity index (χ4n) is 0.544. The highest BCUT2D eigenvalue weighted by Gasteiger charge is 1.93. The van der Waals surface area contributed by atoms with Gasteiger partial charge < -0.3 is 4.74 Å². The molecule has 0 bridgehead atoms. The van der Waals surface area contributed by atoms with Crippen molar-refractivity contribution in [3.63, 3.8) is 0 Å². The molecular weight excluding hydrogens is 88.1 g/mol. The Hall–Kier alpha value is -0.680. The smallest absolute Gasteiger partial charge is 0.138 e. The van der Waals surface area contributed by atoms with Crippen molar-refractivity contribution in [2.24, 2.45) is 0 Å². The average molecular weight is 96.1 g/mol. The summed E-state index contributed by atoms with van der Waals surface area (Å²) in [4.78, 5) is 0. The van der Waals surface area contributed by atoms with Crippen LogP contribution < -0.4 is 0 Å². The van der Waals surface area contributed by atoms with E-state index in [1.807, 2.05) is 6.08 Å². The van der Waals surface area contributed by atoms with Crippen molar-refractivity contribution in [1.29, 1.82) is 0 Å². The third-order valence-corrected chi connectivity index (χ3v) is 0.925. The summed E-state index contributed by atoms with van der Waals surface area (Å²) < 4.78 is 5.05. The average Bonchev–Trinajstić information content (AvgIpc) is 2.14. The van der Waals surface area contributed by atoms with E-state index in [0.717, 1.165) is 18.8 Å². The van der Waals surface area contributed by atoms with E-state index in [1.165, 1.54) is 0 Å². The normalized spacial score (nSPS) is 16.4. The minimum Gasteiger partial charge on any atom is -0.485 e. The van der Waals surface area contributed by atoms with E-state index in [2.05, 4.69) is 12.7 Å². The highest BCUT2D eigenvalue weighted by molar-refractivity contribution is 4.98. The van der Waals surface area contributed by atoms with E-state index in [9.17, 15) is 0 Å². The van der Waals surface area contributed by atoms with Crippen molar-refractivity contribution >= 4 is 0 Å². The Balaban J connectivity index is 2.54. The van der Waals surface area contributed by atoms with Gasteiger partial charge in [-0.05, 0) is 6.08 Å². The van der Waals surface area contributed by atoms with Crippen LogP contribution >= 0.6 is 0 Å². The van der Waals surface area contributed by atoms with Crippen LogP contribution in [0.5, 0.6) is 0 Å². The zero-order chi connectivity index (χ0) is 5.11. The van der Waals surface area contributed by atoms with Crippen LogP contribution in [-0.2, 0) is 4.74 Å². The molecular formula is C6H8O. The van der Waals surface area contributed by atoms with Crippen molar-refractivity contribution in [3.05, 3.63) is 17.6 Å². The maximum Gasteiger partial charge on any atom is 0.138 e. The molecule has 0 unspecified atom stereocenters. The molecule has 0 fully saturated rings. The van der Waals surface area contributed by atoms with Crippen LogP contribution in [0.1, 0.15) is 13.3 Å². The lowest BCUT2D eigenvalue weighted by Crippen LogP contribution is -1.81. The lowest BCUT2D eigenvalue weighted by molar-refractivity contribution is 0.252. The summed E-state index contributed by atoms with van der Waals surface area (Å²) in [5.74, 6) is 0.986. The minimum absolute atomic E-state index is 0.725. The summed E-state index contributed by atoms with van der Waals surface area (Å²) in [6.45, 7) is 2.78. The van der Waals surface area contributed by atoms with Gasteiger partial charge in [-0.15, -0.1) is 0 Å². The molecule has 1 aliphatic rings. The Bertz CT molecular complexity index is 114. The monoisotopic (exact) mass is 96.1 g/mol. The first-order chi connectivity index (χ1) is 3.43. The van der Waals surface area contributed by atoms with Crippen molar-refractivity contribution in [2.45, 2.75) is 13.3 Å². The number of ether oxygens (including phenoxy) is 1. The summed E-state index contributed by atoms with van der Waals surface area (Å²) in [6, 6.07) is 0. The predicted octanol–water partition coefficient (Wildman–Crippen LogP) is 1.47. The number of rotatable bonds is 1. The van der Waals surface area contributed by atoms with Crippen LogP contribution in [-0.4, -0.2) is 6.61 Å². The maximum absolute atomic E-state index is 5.05. The summed E-state index contributed by atoms with van der Waals surface area (Å²) in [5.41, 5.74) is 2.98. The van der Waals surface area contributed by atoms with Crippen molar-refractivity contribution in [1.82, 2.24) is 0 Å². The molecule has 0 radical (unpaired) electrons. The zero-order valence-electron chi connectivity index (χ0n) is 4.40. The second kappa shape index (κ2) is 1.85. The Morgan fingerprint density at radius 2 is 2.86 bits per heavy atom. The van der Waals surface area contributed by atoms with Crippen LogP contribution in [0.2, 0.25) is 0 Å². The Morgan fingerprint density at radius 3 is 3.14 bits per heavy atom. The van der Waals surface area contributed by atoms with Gasteiger partial charge in [0.1, 0.15) is 12.4 Å². The summed E-state index contributed by atoms with van der Waals surface area (Å²) in [5, 5.41) is 0. The fourth-order valence-corrected chi connectivity index (χ4v) is 0.544. The summed E-state index contributed by atoms with van der Waals surface area (Å²) >= 11 is 0. The Kier molecular flexibility index (Phi) is 1.19. The molecule has 0 saturated heterocycles. The molecule has 0 aromatic carbocycles. The molecule has 1 heterocycles. The van der Waals surface area contributed by atoms with Gasteiger partial charge in [-0.25, -0.2) is 0 Å². The molecule has 1 aliphatic heterocycles. The van der Waals surface area contributed by atoms with Gasteiger partial charge in [0.05, 0.1) is 0 Å². The van der Waals surface area contributed by atoms with E-state index in [1.54, 1.807) is 0 Å². The molecule has 0 aromatic heterocycles. The molecule has 0 aliphatic carbocycles. The van der Waals surface area contributed by atoms with Gasteiger partial charge in [-0.2, -0.15) is 0 Å². The van der Waals surface area contributed by atoms with E-state index in [-0.39, 0.29) is 0 Å². The van der Waals surface area contributed by atoms with Crippen molar-refractivity contribution < 1.29 is 4.74 Å². The van der Waals surface area contributed by atoms with Crippen LogP contribution in [0.25, 0.3) is 0 Å². The van der Waals surface area contributed by atoms with E-state index >= 15 is 0 Å². The van der Waals surface area contributed by atoms with Gasteiger partial charge >= 0.3 is 0 Å². The molecule has 1 nitrogen and oxygen atoms in total. The van der Waals surface area contributed by atoms with Crippen molar-refractivity contribution in [2.75, 3.05) is 6.61 Å². The standard InChI is InChI=1S/C6H8O/c1-2-6-4-3-5-7-6/h3H,2,5H2,1H3. The molecule has 1 rings (SSSR count). The largest absolute Gasteiger partial charge is 0.485 e. The lowest BCUT2D eigenvalue weighted by Gasteiger charge is -1.94. The van der Waals surface area contributed by atoms with Crippen molar-refractivity contribution in [3.8, 4) is 0 Å². The van der Waals surface area contributed by atoms with Crippen LogP contribution in [0.15, 0.2) is 17.6 Å². The molecule has 38 valence electrons. The molecule has 0 saturated carbocycles. The molecule has 1 heteroatoms. The third kappa shape index (κ3) is 0.847.